The molecule has 0 heterocycles. The fourth-order valence-electron chi connectivity index (χ4n) is 5.37. The Kier molecular flexibility index (Phi) is 9.00. The summed E-state index contributed by atoms with van der Waals surface area (Å²) >= 11 is 0. The molecule has 0 N–H and O–H groups in total. The summed E-state index contributed by atoms with van der Waals surface area (Å²) in [4.78, 5) is 0. The van der Waals surface area contributed by atoms with Crippen molar-refractivity contribution < 1.29 is 4.39 Å². The smallest absolute Gasteiger partial charge is 0.123 e. The zero-order valence-electron chi connectivity index (χ0n) is 17.7. The Hall–Kier alpha value is -1.88. The fraction of sp³-hybridized carbons (Fsp3) is 0.593. The molecule has 0 aliphatic heterocycles. The van der Waals surface area contributed by atoms with Gasteiger partial charge in [-0.15, -0.1) is 0 Å². The van der Waals surface area contributed by atoms with E-state index in [1.54, 1.807) is 12.1 Å². The summed E-state index contributed by atoms with van der Waals surface area (Å²) in [6, 6.07) is 9.21. The van der Waals surface area contributed by atoms with Crippen molar-refractivity contribution in [3.8, 4) is 6.07 Å². The lowest BCUT2D eigenvalue weighted by atomic mass is 9.76. The lowest BCUT2D eigenvalue weighted by molar-refractivity contribution is 0.273. The van der Waals surface area contributed by atoms with E-state index in [1.165, 1.54) is 88.7 Å². The molecule has 1 aromatic rings. The number of halogens is 1. The number of unbranched alkanes of at least 4 members (excludes halogenated alkanes) is 1. The molecule has 2 heteroatoms. The highest BCUT2D eigenvalue weighted by molar-refractivity contribution is 5.20. The van der Waals surface area contributed by atoms with Crippen LogP contribution in [0.1, 0.15) is 88.5 Å². The lowest BCUT2D eigenvalue weighted by Gasteiger charge is -2.29. The first-order valence-electron chi connectivity index (χ1n) is 11.7. The number of allylic oxidation sites excluding steroid dienone is 4. The standard InChI is InChI=1S/C27H36FN/c28-27-19-17-26(18-20-27)25-15-13-24(14-16-25)8-4-3-7-23-11-9-22(10-12-23)6-2-1-5-21-29/h1-2,5-6,17-20,22-25H,3-4,7-16H2/b5-1+,6-2+. The van der Waals surface area contributed by atoms with E-state index in [-0.39, 0.29) is 5.82 Å². The largest absolute Gasteiger partial charge is 0.207 e. The lowest BCUT2D eigenvalue weighted by Crippen LogP contribution is -2.14. The van der Waals surface area contributed by atoms with E-state index in [0.717, 1.165) is 11.8 Å². The van der Waals surface area contributed by atoms with E-state index in [4.69, 9.17) is 5.26 Å². The maximum atomic E-state index is 13.1. The normalized spacial score (nSPS) is 28.0. The third-order valence-electron chi connectivity index (χ3n) is 7.22. The van der Waals surface area contributed by atoms with Crippen molar-refractivity contribution in [2.45, 2.75) is 83.0 Å². The predicted molar refractivity (Wildman–Crippen MR) is 119 cm³/mol. The molecule has 1 aromatic carbocycles. The van der Waals surface area contributed by atoms with Crippen molar-refractivity contribution in [1.29, 1.82) is 5.26 Å². The molecule has 29 heavy (non-hydrogen) atoms. The molecule has 2 aliphatic rings. The van der Waals surface area contributed by atoms with Crippen molar-refractivity contribution >= 4 is 0 Å². The maximum Gasteiger partial charge on any atom is 0.123 e. The molecule has 2 aliphatic carbocycles. The second kappa shape index (κ2) is 12.0. The molecule has 2 saturated carbocycles. The third kappa shape index (κ3) is 7.46. The Bertz CT molecular complexity index is 680. The van der Waals surface area contributed by atoms with Gasteiger partial charge in [0.1, 0.15) is 5.82 Å². The second-order valence-corrected chi connectivity index (χ2v) is 9.21. The predicted octanol–water partition coefficient (Wildman–Crippen LogP) is 8.10. The molecule has 0 unspecified atom stereocenters. The molecule has 156 valence electrons. The van der Waals surface area contributed by atoms with Crippen LogP contribution in [0.4, 0.5) is 4.39 Å². The van der Waals surface area contributed by atoms with Crippen LogP contribution in [0.3, 0.4) is 0 Å². The quantitative estimate of drug-likeness (QED) is 0.249. The van der Waals surface area contributed by atoms with Gasteiger partial charge >= 0.3 is 0 Å². The number of hydrogen-bond acceptors (Lipinski definition) is 1. The van der Waals surface area contributed by atoms with Crippen molar-refractivity contribution in [2.24, 2.45) is 17.8 Å². The number of hydrogen-bond donors (Lipinski definition) is 0. The SMILES string of the molecule is N#C/C=C/C=C/C1CCC(CCCCC2CCC(c3ccc(F)cc3)CC2)CC1. The molecule has 0 radical (unpaired) electrons. The van der Waals surface area contributed by atoms with Crippen LogP contribution in [-0.4, -0.2) is 0 Å². The van der Waals surface area contributed by atoms with Crippen molar-refractivity contribution in [3.63, 3.8) is 0 Å². The molecule has 0 atom stereocenters. The fourth-order valence-corrected chi connectivity index (χ4v) is 5.37. The highest BCUT2D eigenvalue weighted by Crippen LogP contribution is 2.38. The van der Waals surface area contributed by atoms with E-state index in [0.29, 0.717) is 11.8 Å². The van der Waals surface area contributed by atoms with E-state index in [1.807, 2.05) is 30.4 Å². The van der Waals surface area contributed by atoms with Gasteiger partial charge in [0, 0.05) is 6.08 Å². The third-order valence-corrected chi connectivity index (χ3v) is 7.22. The Labute approximate surface area is 176 Å². The highest BCUT2D eigenvalue weighted by atomic mass is 19.1. The van der Waals surface area contributed by atoms with Crippen LogP contribution in [0.2, 0.25) is 0 Å². The Morgan fingerprint density at radius 1 is 0.828 bits per heavy atom. The first kappa shape index (κ1) is 21.8. The van der Waals surface area contributed by atoms with E-state index in [9.17, 15) is 4.39 Å². The molecule has 0 spiro atoms. The van der Waals surface area contributed by atoms with Crippen LogP contribution in [0.25, 0.3) is 0 Å². The molecular weight excluding hydrogens is 357 g/mol. The maximum absolute atomic E-state index is 13.1. The van der Waals surface area contributed by atoms with Crippen LogP contribution >= 0.6 is 0 Å². The second-order valence-electron chi connectivity index (χ2n) is 9.21. The van der Waals surface area contributed by atoms with Crippen molar-refractivity contribution in [3.05, 3.63) is 60.0 Å². The molecular formula is C27H36FN. The topological polar surface area (TPSA) is 23.8 Å². The van der Waals surface area contributed by atoms with E-state index in [2.05, 4.69) is 6.08 Å². The van der Waals surface area contributed by atoms with Gasteiger partial charge in [-0.1, -0.05) is 56.0 Å². The van der Waals surface area contributed by atoms with Gasteiger partial charge in [0.15, 0.2) is 0 Å². The molecule has 0 aromatic heterocycles. The summed E-state index contributed by atoms with van der Waals surface area (Å²) in [6.45, 7) is 0. The van der Waals surface area contributed by atoms with E-state index < -0.39 is 0 Å². The monoisotopic (exact) mass is 393 g/mol. The molecule has 1 nitrogen and oxygen atoms in total. The summed E-state index contributed by atoms with van der Waals surface area (Å²) in [6.07, 6.45) is 23.9. The van der Waals surface area contributed by atoms with Gasteiger partial charge in [0.25, 0.3) is 0 Å². The number of benzene rings is 1. The summed E-state index contributed by atoms with van der Waals surface area (Å²) < 4.78 is 13.1. The van der Waals surface area contributed by atoms with Crippen LogP contribution in [0, 0.1) is 34.9 Å². The Balaban J connectivity index is 1.25. The summed E-state index contributed by atoms with van der Waals surface area (Å²) in [5, 5.41) is 8.51. The van der Waals surface area contributed by atoms with Gasteiger partial charge in [0.2, 0.25) is 0 Å². The molecule has 0 saturated heterocycles. The average Bonchev–Trinajstić information content (AvgIpc) is 2.76. The summed E-state index contributed by atoms with van der Waals surface area (Å²) in [7, 11) is 0. The van der Waals surface area contributed by atoms with Crippen LogP contribution in [0.15, 0.2) is 48.6 Å². The molecule has 2 fully saturated rings. The number of nitriles is 1. The zero-order valence-corrected chi connectivity index (χ0v) is 17.7. The van der Waals surface area contributed by atoms with Crippen LogP contribution in [0.5, 0.6) is 0 Å². The van der Waals surface area contributed by atoms with Gasteiger partial charge in [-0.05, 0) is 92.7 Å². The van der Waals surface area contributed by atoms with Crippen LogP contribution < -0.4 is 0 Å². The highest BCUT2D eigenvalue weighted by Gasteiger charge is 2.23. The first-order chi connectivity index (χ1) is 14.2. The number of rotatable bonds is 8. The molecule has 0 amide bonds. The van der Waals surface area contributed by atoms with Crippen LogP contribution in [-0.2, 0) is 0 Å². The van der Waals surface area contributed by atoms with Crippen molar-refractivity contribution in [1.82, 2.24) is 0 Å². The van der Waals surface area contributed by atoms with Crippen molar-refractivity contribution in [2.75, 3.05) is 0 Å². The summed E-state index contributed by atoms with van der Waals surface area (Å²) in [5.74, 6) is 3.08. The Morgan fingerprint density at radius 2 is 1.41 bits per heavy atom. The summed E-state index contributed by atoms with van der Waals surface area (Å²) in [5.41, 5.74) is 1.33. The van der Waals surface area contributed by atoms with Gasteiger partial charge in [-0.2, -0.15) is 5.26 Å². The minimum atomic E-state index is -0.125. The number of nitrogens with zero attached hydrogens (tertiary/aromatic N) is 1. The first-order valence-corrected chi connectivity index (χ1v) is 11.7. The van der Waals surface area contributed by atoms with E-state index >= 15 is 0 Å². The Morgan fingerprint density at radius 3 is 2.00 bits per heavy atom. The van der Waals surface area contributed by atoms with Gasteiger partial charge in [0.05, 0.1) is 6.07 Å². The molecule has 0 bridgehead atoms. The molecule has 3 rings (SSSR count). The van der Waals surface area contributed by atoms with Gasteiger partial charge < -0.3 is 0 Å². The minimum absolute atomic E-state index is 0.125. The van der Waals surface area contributed by atoms with Gasteiger partial charge in [-0.3, -0.25) is 0 Å². The average molecular weight is 394 g/mol. The van der Waals surface area contributed by atoms with Gasteiger partial charge in [-0.25, -0.2) is 4.39 Å². The minimum Gasteiger partial charge on any atom is -0.207 e. The zero-order chi connectivity index (χ0) is 20.3.